The zero-order chi connectivity index (χ0) is 11.0. The standard InChI is InChI=1S/C12H22O2/c1-11(2)6-5-10(14)12(3,4)8-9(13)7-11/h10,14H,5-8H2,1-4H3/t10-/m1/s1. The summed E-state index contributed by atoms with van der Waals surface area (Å²) in [5, 5.41) is 9.94. The van der Waals surface area contributed by atoms with E-state index < -0.39 is 0 Å². The van der Waals surface area contributed by atoms with E-state index in [1.807, 2.05) is 13.8 Å². The second kappa shape index (κ2) is 3.65. The Bertz CT molecular complexity index is 228. The molecule has 0 aliphatic heterocycles. The molecule has 14 heavy (non-hydrogen) atoms. The van der Waals surface area contributed by atoms with Crippen molar-refractivity contribution < 1.29 is 9.90 Å². The van der Waals surface area contributed by atoms with Gasteiger partial charge < -0.3 is 5.11 Å². The molecule has 1 fully saturated rings. The maximum absolute atomic E-state index is 11.7. The number of rotatable bonds is 0. The van der Waals surface area contributed by atoms with Crippen LogP contribution in [0.3, 0.4) is 0 Å². The highest BCUT2D eigenvalue weighted by Crippen LogP contribution is 2.38. The molecule has 0 radical (unpaired) electrons. The lowest BCUT2D eigenvalue weighted by Crippen LogP contribution is -2.36. The van der Waals surface area contributed by atoms with Crippen LogP contribution in [0.4, 0.5) is 0 Å². The quantitative estimate of drug-likeness (QED) is 0.649. The van der Waals surface area contributed by atoms with E-state index in [1.165, 1.54) is 0 Å². The van der Waals surface area contributed by atoms with E-state index >= 15 is 0 Å². The van der Waals surface area contributed by atoms with Gasteiger partial charge in [0.2, 0.25) is 0 Å². The van der Waals surface area contributed by atoms with E-state index in [9.17, 15) is 9.90 Å². The second-order valence-electron chi connectivity index (χ2n) is 6.10. The minimum atomic E-state index is -0.342. The summed E-state index contributed by atoms with van der Waals surface area (Å²) in [5.41, 5.74) is -0.178. The topological polar surface area (TPSA) is 37.3 Å². The van der Waals surface area contributed by atoms with Gasteiger partial charge in [0.25, 0.3) is 0 Å². The summed E-state index contributed by atoms with van der Waals surface area (Å²) in [6, 6.07) is 0. The Hall–Kier alpha value is -0.370. The molecule has 2 heteroatoms. The van der Waals surface area contributed by atoms with Gasteiger partial charge in [-0.1, -0.05) is 27.7 Å². The van der Waals surface area contributed by atoms with Crippen LogP contribution in [0.25, 0.3) is 0 Å². The van der Waals surface area contributed by atoms with Gasteiger partial charge in [0.1, 0.15) is 5.78 Å². The third kappa shape index (κ3) is 2.81. The van der Waals surface area contributed by atoms with Gasteiger partial charge in [-0.15, -0.1) is 0 Å². The molecule has 0 unspecified atom stereocenters. The Kier molecular flexibility index (Phi) is 3.05. The summed E-state index contributed by atoms with van der Waals surface area (Å²) in [5.74, 6) is 0.291. The van der Waals surface area contributed by atoms with Gasteiger partial charge in [-0.25, -0.2) is 0 Å². The normalized spacial score (nSPS) is 32.1. The lowest BCUT2D eigenvalue weighted by atomic mass is 9.70. The van der Waals surface area contributed by atoms with Crippen molar-refractivity contribution in [1.29, 1.82) is 0 Å². The van der Waals surface area contributed by atoms with Crippen LogP contribution in [-0.4, -0.2) is 17.0 Å². The molecule has 1 atom stereocenters. The lowest BCUT2D eigenvalue weighted by molar-refractivity contribution is -0.126. The molecule has 1 aliphatic carbocycles. The Morgan fingerprint density at radius 3 is 2.36 bits per heavy atom. The van der Waals surface area contributed by atoms with Gasteiger partial charge >= 0.3 is 0 Å². The van der Waals surface area contributed by atoms with Gasteiger partial charge in [0.15, 0.2) is 0 Å². The SMILES string of the molecule is CC1(C)CC[C@@H](O)C(C)(C)CC(=O)C1. The van der Waals surface area contributed by atoms with Crippen LogP contribution in [0.5, 0.6) is 0 Å². The summed E-state index contributed by atoms with van der Waals surface area (Å²) < 4.78 is 0. The van der Waals surface area contributed by atoms with Gasteiger partial charge in [0, 0.05) is 12.8 Å². The van der Waals surface area contributed by atoms with Crippen LogP contribution in [0.15, 0.2) is 0 Å². The number of carbonyl (C=O) groups excluding carboxylic acids is 1. The Balaban J connectivity index is 2.77. The highest BCUT2D eigenvalue weighted by Gasteiger charge is 2.36. The Morgan fingerprint density at radius 1 is 1.21 bits per heavy atom. The summed E-state index contributed by atoms with van der Waals surface area (Å²) in [4.78, 5) is 11.7. The molecule has 0 amide bonds. The predicted molar refractivity (Wildman–Crippen MR) is 57.0 cm³/mol. The van der Waals surface area contributed by atoms with Crippen molar-refractivity contribution in [3.05, 3.63) is 0 Å². The summed E-state index contributed by atoms with van der Waals surface area (Å²) in [6.45, 7) is 8.17. The second-order valence-corrected chi connectivity index (χ2v) is 6.10. The number of ketones is 1. The third-order valence-corrected chi connectivity index (χ3v) is 3.33. The van der Waals surface area contributed by atoms with Crippen LogP contribution < -0.4 is 0 Å². The first-order chi connectivity index (χ1) is 6.23. The van der Waals surface area contributed by atoms with Crippen molar-refractivity contribution in [3.63, 3.8) is 0 Å². The van der Waals surface area contributed by atoms with Crippen molar-refractivity contribution in [2.75, 3.05) is 0 Å². The van der Waals surface area contributed by atoms with Crippen LogP contribution in [-0.2, 0) is 4.79 Å². The first-order valence-corrected chi connectivity index (χ1v) is 5.43. The molecular weight excluding hydrogens is 176 g/mol. The highest BCUT2D eigenvalue weighted by atomic mass is 16.3. The number of aliphatic hydroxyl groups is 1. The van der Waals surface area contributed by atoms with E-state index in [-0.39, 0.29) is 16.9 Å². The van der Waals surface area contributed by atoms with Gasteiger partial charge in [-0.2, -0.15) is 0 Å². The van der Waals surface area contributed by atoms with Gasteiger partial charge in [-0.3, -0.25) is 4.79 Å². The van der Waals surface area contributed by atoms with E-state index in [4.69, 9.17) is 0 Å². The largest absolute Gasteiger partial charge is 0.393 e. The average Bonchev–Trinajstić information content (AvgIpc) is 1.96. The summed E-state index contributed by atoms with van der Waals surface area (Å²) in [7, 11) is 0. The van der Waals surface area contributed by atoms with Gasteiger partial charge in [0.05, 0.1) is 6.10 Å². The van der Waals surface area contributed by atoms with Crippen LogP contribution in [0.1, 0.15) is 53.4 Å². The van der Waals surface area contributed by atoms with Crippen molar-refractivity contribution in [2.45, 2.75) is 59.5 Å². The molecule has 0 bridgehead atoms. The predicted octanol–water partition coefficient (Wildman–Crippen LogP) is 2.54. The van der Waals surface area contributed by atoms with Crippen molar-refractivity contribution in [1.82, 2.24) is 0 Å². The lowest BCUT2D eigenvalue weighted by Gasteiger charge is -2.36. The third-order valence-electron chi connectivity index (χ3n) is 3.33. The van der Waals surface area contributed by atoms with E-state index in [0.717, 1.165) is 12.8 Å². The van der Waals surface area contributed by atoms with E-state index in [0.29, 0.717) is 18.6 Å². The zero-order valence-electron chi connectivity index (χ0n) is 9.76. The van der Waals surface area contributed by atoms with Crippen LogP contribution in [0, 0.1) is 10.8 Å². The molecule has 0 aromatic rings. The van der Waals surface area contributed by atoms with Crippen LogP contribution in [0.2, 0.25) is 0 Å². The molecule has 0 spiro atoms. The fourth-order valence-corrected chi connectivity index (χ4v) is 2.23. The molecular formula is C12H22O2. The maximum Gasteiger partial charge on any atom is 0.134 e. The van der Waals surface area contributed by atoms with Crippen molar-refractivity contribution in [3.8, 4) is 0 Å². The zero-order valence-corrected chi connectivity index (χ0v) is 9.76. The van der Waals surface area contributed by atoms with E-state index in [1.54, 1.807) is 0 Å². The number of aliphatic hydroxyl groups excluding tert-OH is 1. The molecule has 1 N–H and O–H groups in total. The molecule has 0 heterocycles. The number of hydrogen-bond acceptors (Lipinski definition) is 2. The Labute approximate surface area is 86.7 Å². The molecule has 0 saturated heterocycles. The fourth-order valence-electron chi connectivity index (χ4n) is 2.23. The maximum atomic E-state index is 11.7. The monoisotopic (exact) mass is 198 g/mol. The fraction of sp³-hybridized carbons (Fsp3) is 0.917. The number of hydrogen-bond donors (Lipinski definition) is 1. The van der Waals surface area contributed by atoms with Crippen molar-refractivity contribution in [2.24, 2.45) is 10.8 Å². The molecule has 2 nitrogen and oxygen atoms in total. The molecule has 1 aliphatic rings. The number of carbonyl (C=O) groups is 1. The molecule has 1 saturated carbocycles. The Morgan fingerprint density at radius 2 is 1.79 bits per heavy atom. The van der Waals surface area contributed by atoms with Gasteiger partial charge in [-0.05, 0) is 23.7 Å². The van der Waals surface area contributed by atoms with Crippen LogP contribution >= 0.6 is 0 Å². The minimum Gasteiger partial charge on any atom is -0.393 e. The minimum absolute atomic E-state index is 0.0641. The first-order valence-electron chi connectivity index (χ1n) is 5.43. The summed E-state index contributed by atoms with van der Waals surface area (Å²) in [6.07, 6.45) is 2.57. The summed E-state index contributed by atoms with van der Waals surface area (Å²) >= 11 is 0. The van der Waals surface area contributed by atoms with Crippen molar-refractivity contribution >= 4 is 5.78 Å². The number of Topliss-reactive ketones (excluding diaryl/α,β-unsaturated/α-hetero) is 1. The molecule has 0 aromatic carbocycles. The average molecular weight is 198 g/mol. The smallest absolute Gasteiger partial charge is 0.134 e. The molecule has 0 aromatic heterocycles. The molecule has 1 rings (SSSR count). The first kappa shape index (κ1) is 11.7. The van der Waals surface area contributed by atoms with E-state index in [2.05, 4.69) is 13.8 Å². The molecule has 82 valence electrons. The highest BCUT2D eigenvalue weighted by molar-refractivity contribution is 5.79.